The van der Waals surface area contributed by atoms with Gasteiger partial charge in [0, 0.05) is 26.1 Å². The Labute approximate surface area is 125 Å². The van der Waals surface area contributed by atoms with Gasteiger partial charge in [0.05, 0.1) is 0 Å². The molecule has 1 aliphatic heterocycles. The van der Waals surface area contributed by atoms with Gasteiger partial charge in [-0.25, -0.2) is 9.59 Å². The summed E-state index contributed by atoms with van der Waals surface area (Å²) in [5.74, 6) is -1.000. The number of carboxylic acid groups (broad SMARTS) is 1. The number of likely N-dealkylation sites (tertiary alicyclic amines) is 1. The number of rotatable bonds is 8. The van der Waals surface area contributed by atoms with E-state index in [1.54, 1.807) is 4.90 Å². The maximum absolute atomic E-state index is 11.8. The van der Waals surface area contributed by atoms with Crippen LogP contribution < -0.4 is 10.6 Å². The van der Waals surface area contributed by atoms with Crippen molar-refractivity contribution >= 4 is 17.9 Å². The molecule has 120 valence electrons. The van der Waals surface area contributed by atoms with E-state index in [1.165, 1.54) is 0 Å². The van der Waals surface area contributed by atoms with E-state index in [4.69, 9.17) is 5.11 Å². The molecule has 1 rings (SSSR count). The molecule has 0 aromatic rings. The fourth-order valence-electron chi connectivity index (χ4n) is 2.28. The van der Waals surface area contributed by atoms with Crippen molar-refractivity contribution in [2.45, 2.75) is 51.5 Å². The van der Waals surface area contributed by atoms with Gasteiger partial charge in [-0.2, -0.15) is 0 Å². The number of hydrogen-bond donors (Lipinski definition) is 3. The molecule has 0 aromatic heterocycles. The first kappa shape index (κ1) is 17.3. The van der Waals surface area contributed by atoms with Crippen LogP contribution in [-0.2, 0) is 9.59 Å². The highest BCUT2D eigenvalue weighted by atomic mass is 16.4. The lowest BCUT2D eigenvalue weighted by Gasteiger charge is -2.17. The molecule has 0 radical (unpaired) electrons. The molecule has 3 amide bonds. The number of unbranched alkanes of at least 4 members (excludes halogenated alkanes) is 1. The summed E-state index contributed by atoms with van der Waals surface area (Å²) in [5.41, 5.74) is 0. The Morgan fingerprint density at radius 3 is 2.48 bits per heavy atom. The minimum absolute atomic E-state index is 0.0357. The van der Waals surface area contributed by atoms with Gasteiger partial charge in [0.25, 0.3) is 0 Å². The van der Waals surface area contributed by atoms with E-state index in [1.807, 2.05) is 6.92 Å². The summed E-state index contributed by atoms with van der Waals surface area (Å²) in [7, 11) is 0. The molecule has 0 bridgehead atoms. The lowest BCUT2D eigenvalue weighted by atomic mass is 10.1. The lowest BCUT2D eigenvalue weighted by molar-refractivity contribution is -0.139. The normalized spacial score (nSPS) is 15.6. The molecule has 1 aliphatic rings. The average Bonchev–Trinajstić information content (AvgIpc) is 2.97. The van der Waals surface area contributed by atoms with E-state index in [-0.39, 0.29) is 18.9 Å². The molecule has 0 aromatic carbocycles. The van der Waals surface area contributed by atoms with E-state index in [0.29, 0.717) is 6.42 Å². The second-order valence-corrected chi connectivity index (χ2v) is 5.27. The third-order valence-corrected chi connectivity index (χ3v) is 3.53. The van der Waals surface area contributed by atoms with Crippen LogP contribution in [0.1, 0.15) is 45.4 Å². The molecule has 21 heavy (non-hydrogen) atoms. The molecule has 0 spiro atoms. The van der Waals surface area contributed by atoms with Gasteiger partial charge in [-0.15, -0.1) is 0 Å². The smallest absolute Gasteiger partial charge is 0.326 e. The summed E-state index contributed by atoms with van der Waals surface area (Å²) in [6.07, 6.45) is 4.35. The van der Waals surface area contributed by atoms with E-state index in [0.717, 1.165) is 38.8 Å². The molecule has 0 saturated carbocycles. The van der Waals surface area contributed by atoms with Crippen molar-refractivity contribution in [3.63, 3.8) is 0 Å². The number of nitrogens with one attached hydrogen (secondary N) is 2. The molecule has 1 atom stereocenters. The molecule has 1 heterocycles. The minimum Gasteiger partial charge on any atom is -0.480 e. The third kappa shape index (κ3) is 6.46. The molecule has 1 saturated heterocycles. The van der Waals surface area contributed by atoms with Crippen LogP contribution in [0.15, 0.2) is 0 Å². The van der Waals surface area contributed by atoms with E-state index in [2.05, 4.69) is 10.6 Å². The minimum atomic E-state index is -1.04. The summed E-state index contributed by atoms with van der Waals surface area (Å²) in [6.45, 7) is 3.77. The van der Waals surface area contributed by atoms with E-state index < -0.39 is 18.0 Å². The molecule has 7 heteroatoms. The summed E-state index contributed by atoms with van der Waals surface area (Å²) in [6, 6.07) is -1.41. The molecule has 3 N–H and O–H groups in total. The largest absolute Gasteiger partial charge is 0.480 e. The van der Waals surface area contributed by atoms with Crippen LogP contribution in [0.25, 0.3) is 0 Å². The maximum Gasteiger partial charge on any atom is 0.326 e. The molecule has 0 aliphatic carbocycles. The number of carbonyl (C=O) groups excluding carboxylic acids is 2. The second kappa shape index (κ2) is 9.20. The molecule has 7 nitrogen and oxygen atoms in total. The Hall–Kier alpha value is -1.79. The van der Waals surface area contributed by atoms with Crippen LogP contribution in [0, 0.1) is 0 Å². The van der Waals surface area contributed by atoms with Crippen LogP contribution in [0.2, 0.25) is 0 Å². The Kier molecular flexibility index (Phi) is 7.56. The number of aliphatic carboxylic acids is 1. The SMILES string of the molecule is CCCC[C@H](NC(=O)NCCC(=O)N1CCCC1)C(=O)O. The lowest BCUT2D eigenvalue weighted by Crippen LogP contribution is -2.46. The fraction of sp³-hybridized carbons (Fsp3) is 0.786. The zero-order valence-electron chi connectivity index (χ0n) is 12.6. The fourth-order valence-corrected chi connectivity index (χ4v) is 2.28. The Bertz CT molecular complexity index is 367. The Morgan fingerprint density at radius 1 is 1.24 bits per heavy atom. The molecule has 1 fully saturated rings. The van der Waals surface area contributed by atoms with E-state index >= 15 is 0 Å². The average molecular weight is 299 g/mol. The summed E-state index contributed by atoms with van der Waals surface area (Å²) < 4.78 is 0. The first-order valence-electron chi connectivity index (χ1n) is 7.59. The number of hydrogen-bond acceptors (Lipinski definition) is 3. The highest BCUT2D eigenvalue weighted by molar-refractivity contribution is 5.83. The number of carboxylic acids is 1. The Balaban J connectivity index is 2.22. The summed E-state index contributed by atoms with van der Waals surface area (Å²) in [4.78, 5) is 36.2. The van der Waals surface area contributed by atoms with Gasteiger partial charge < -0.3 is 20.6 Å². The summed E-state index contributed by atoms with van der Waals surface area (Å²) >= 11 is 0. The van der Waals surface area contributed by atoms with Crippen LogP contribution >= 0.6 is 0 Å². The van der Waals surface area contributed by atoms with Crippen LogP contribution in [0.4, 0.5) is 4.79 Å². The van der Waals surface area contributed by atoms with Crippen molar-refractivity contribution in [3.05, 3.63) is 0 Å². The predicted molar refractivity (Wildman–Crippen MR) is 77.9 cm³/mol. The van der Waals surface area contributed by atoms with Crippen molar-refractivity contribution < 1.29 is 19.5 Å². The number of carbonyl (C=O) groups is 3. The van der Waals surface area contributed by atoms with Crippen LogP contribution in [-0.4, -0.2) is 53.6 Å². The molecular formula is C14H25N3O4. The van der Waals surface area contributed by atoms with Crippen LogP contribution in [0.5, 0.6) is 0 Å². The van der Waals surface area contributed by atoms with Gasteiger partial charge >= 0.3 is 12.0 Å². The number of amides is 3. The topological polar surface area (TPSA) is 98.7 Å². The zero-order valence-corrected chi connectivity index (χ0v) is 12.6. The van der Waals surface area contributed by atoms with E-state index in [9.17, 15) is 14.4 Å². The van der Waals surface area contributed by atoms with Gasteiger partial charge in [0.1, 0.15) is 6.04 Å². The quantitative estimate of drug-likeness (QED) is 0.621. The first-order chi connectivity index (χ1) is 10.0. The second-order valence-electron chi connectivity index (χ2n) is 5.27. The monoisotopic (exact) mass is 299 g/mol. The van der Waals surface area contributed by atoms with Crippen LogP contribution in [0.3, 0.4) is 0 Å². The highest BCUT2D eigenvalue weighted by Crippen LogP contribution is 2.08. The maximum atomic E-state index is 11.8. The van der Waals surface area contributed by atoms with Gasteiger partial charge in [-0.3, -0.25) is 4.79 Å². The highest BCUT2D eigenvalue weighted by Gasteiger charge is 2.20. The van der Waals surface area contributed by atoms with Gasteiger partial charge in [-0.05, 0) is 19.3 Å². The summed E-state index contributed by atoms with van der Waals surface area (Å²) in [5, 5.41) is 14.0. The first-order valence-corrected chi connectivity index (χ1v) is 7.59. The van der Waals surface area contributed by atoms with Crippen molar-refractivity contribution in [1.82, 2.24) is 15.5 Å². The van der Waals surface area contributed by atoms with Crippen molar-refractivity contribution in [2.24, 2.45) is 0 Å². The van der Waals surface area contributed by atoms with Crippen molar-refractivity contribution in [3.8, 4) is 0 Å². The Morgan fingerprint density at radius 2 is 1.90 bits per heavy atom. The van der Waals surface area contributed by atoms with Gasteiger partial charge in [0.2, 0.25) is 5.91 Å². The van der Waals surface area contributed by atoms with Gasteiger partial charge in [-0.1, -0.05) is 19.8 Å². The predicted octanol–water partition coefficient (Wildman–Crippen LogP) is 0.941. The number of urea groups is 1. The van der Waals surface area contributed by atoms with Crippen molar-refractivity contribution in [1.29, 1.82) is 0 Å². The number of nitrogens with zero attached hydrogens (tertiary/aromatic N) is 1. The standard InChI is InChI=1S/C14H25N3O4/c1-2-3-6-11(13(19)20)16-14(21)15-8-7-12(18)17-9-4-5-10-17/h11H,2-10H2,1H3,(H,19,20)(H2,15,16,21)/t11-/m0/s1. The van der Waals surface area contributed by atoms with Gasteiger partial charge in [0.15, 0.2) is 0 Å². The molecule has 0 unspecified atom stereocenters. The molecular weight excluding hydrogens is 274 g/mol. The van der Waals surface area contributed by atoms with Crippen molar-refractivity contribution in [2.75, 3.05) is 19.6 Å². The third-order valence-electron chi connectivity index (χ3n) is 3.53. The zero-order chi connectivity index (χ0) is 15.7.